The second kappa shape index (κ2) is 6.83. The number of carboxylic acids is 1. The molecule has 1 heterocycles. The van der Waals surface area contributed by atoms with Crippen LogP contribution >= 0.6 is 0 Å². The van der Waals surface area contributed by atoms with Crippen LogP contribution in [0, 0.1) is 6.92 Å². The van der Waals surface area contributed by atoms with Gasteiger partial charge < -0.3 is 10.4 Å². The first kappa shape index (κ1) is 15.0. The maximum atomic E-state index is 11.1. The highest BCUT2D eigenvalue weighted by atomic mass is 16.4. The molecule has 0 saturated carbocycles. The molecule has 0 amide bonds. The van der Waals surface area contributed by atoms with Gasteiger partial charge in [-0.15, -0.1) is 0 Å². The van der Waals surface area contributed by atoms with E-state index < -0.39 is 5.97 Å². The molecule has 21 heavy (non-hydrogen) atoms. The smallest absolute Gasteiger partial charge is 0.305 e. The number of hydrogen-bond acceptors (Lipinski definition) is 4. The highest BCUT2D eigenvalue weighted by Crippen LogP contribution is 2.24. The summed E-state index contributed by atoms with van der Waals surface area (Å²) in [4.78, 5) is 19.7. The molecule has 110 valence electrons. The minimum Gasteiger partial charge on any atom is -0.481 e. The van der Waals surface area contributed by atoms with E-state index >= 15 is 0 Å². The summed E-state index contributed by atoms with van der Waals surface area (Å²) in [5.74, 6) is 0.525. The number of nitrogens with zero attached hydrogens (tertiary/aromatic N) is 2. The lowest BCUT2D eigenvalue weighted by atomic mass is 10.0. The molecule has 0 spiro atoms. The largest absolute Gasteiger partial charge is 0.481 e. The summed E-state index contributed by atoms with van der Waals surface area (Å²) in [5, 5.41) is 12.4. The zero-order valence-electron chi connectivity index (χ0n) is 12.2. The minimum atomic E-state index is -0.847. The van der Waals surface area contributed by atoms with Gasteiger partial charge in [-0.3, -0.25) is 4.79 Å². The van der Waals surface area contributed by atoms with Crippen LogP contribution in [-0.2, 0) is 11.2 Å². The molecule has 2 N–H and O–H groups in total. The Morgan fingerprint density at radius 3 is 2.67 bits per heavy atom. The third-order valence-electron chi connectivity index (χ3n) is 3.26. The molecule has 0 saturated heterocycles. The van der Waals surface area contributed by atoms with E-state index in [-0.39, 0.29) is 12.5 Å². The standard InChI is InChI=1S/C16H19N3O2/c1-3-12-10-17-11(2)18-16(12)19-14(9-15(20)21)13-7-5-4-6-8-13/h4-8,10,14H,3,9H2,1-2H3,(H,20,21)(H,17,18,19). The van der Waals surface area contributed by atoms with Crippen molar-refractivity contribution in [1.29, 1.82) is 0 Å². The summed E-state index contributed by atoms with van der Waals surface area (Å²) in [7, 11) is 0. The molecule has 2 rings (SSSR count). The van der Waals surface area contributed by atoms with Gasteiger partial charge in [0.2, 0.25) is 0 Å². The topological polar surface area (TPSA) is 75.1 Å². The van der Waals surface area contributed by atoms with Gasteiger partial charge in [0, 0.05) is 11.8 Å². The average molecular weight is 285 g/mol. The zero-order valence-corrected chi connectivity index (χ0v) is 12.2. The van der Waals surface area contributed by atoms with Gasteiger partial charge in [0.1, 0.15) is 11.6 Å². The van der Waals surface area contributed by atoms with Crippen molar-refractivity contribution in [1.82, 2.24) is 9.97 Å². The van der Waals surface area contributed by atoms with E-state index in [2.05, 4.69) is 15.3 Å². The Morgan fingerprint density at radius 2 is 2.05 bits per heavy atom. The van der Waals surface area contributed by atoms with Crippen molar-refractivity contribution in [3.8, 4) is 0 Å². The van der Waals surface area contributed by atoms with Gasteiger partial charge in [-0.2, -0.15) is 0 Å². The van der Waals surface area contributed by atoms with E-state index in [1.54, 1.807) is 6.20 Å². The number of aromatic nitrogens is 2. The quantitative estimate of drug-likeness (QED) is 0.853. The lowest BCUT2D eigenvalue weighted by Crippen LogP contribution is -2.17. The Morgan fingerprint density at radius 1 is 1.33 bits per heavy atom. The van der Waals surface area contributed by atoms with Crippen LogP contribution in [0.4, 0.5) is 5.82 Å². The third kappa shape index (κ3) is 4.02. The molecule has 1 atom stereocenters. The zero-order chi connectivity index (χ0) is 15.2. The second-order valence-electron chi connectivity index (χ2n) is 4.85. The van der Waals surface area contributed by atoms with Crippen molar-refractivity contribution in [3.63, 3.8) is 0 Å². The number of aliphatic carboxylic acids is 1. The lowest BCUT2D eigenvalue weighted by molar-refractivity contribution is -0.137. The van der Waals surface area contributed by atoms with Crippen molar-refractivity contribution in [2.75, 3.05) is 5.32 Å². The van der Waals surface area contributed by atoms with E-state index in [1.165, 1.54) is 0 Å². The normalized spacial score (nSPS) is 11.9. The molecular weight excluding hydrogens is 266 g/mol. The Hall–Kier alpha value is -2.43. The van der Waals surface area contributed by atoms with Gasteiger partial charge in [0.15, 0.2) is 0 Å². The van der Waals surface area contributed by atoms with Gasteiger partial charge >= 0.3 is 5.97 Å². The molecular formula is C16H19N3O2. The highest BCUT2D eigenvalue weighted by Gasteiger charge is 2.17. The van der Waals surface area contributed by atoms with Crippen LogP contribution in [0.15, 0.2) is 36.5 Å². The fourth-order valence-corrected chi connectivity index (χ4v) is 2.16. The number of aryl methyl sites for hydroxylation is 2. The molecule has 0 fully saturated rings. The molecule has 1 aromatic heterocycles. The maximum Gasteiger partial charge on any atom is 0.305 e. The SMILES string of the molecule is CCc1cnc(C)nc1NC(CC(=O)O)c1ccccc1. The maximum absolute atomic E-state index is 11.1. The molecule has 1 aromatic carbocycles. The van der Waals surface area contributed by atoms with E-state index in [0.717, 1.165) is 17.5 Å². The summed E-state index contributed by atoms with van der Waals surface area (Å²) < 4.78 is 0. The number of carbonyl (C=O) groups is 1. The average Bonchev–Trinajstić information content (AvgIpc) is 2.47. The molecule has 0 aliphatic heterocycles. The first-order chi connectivity index (χ1) is 10.1. The molecule has 0 bridgehead atoms. The number of benzene rings is 1. The van der Waals surface area contributed by atoms with Crippen LogP contribution in [0.3, 0.4) is 0 Å². The summed E-state index contributed by atoms with van der Waals surface area (Å²) in [6, 6.07) is 9.23. The predicted octanol–water partition coefficient (Wildman–Crippen LogP) is 2.98. The molecule has 2 aromatic rings. The van der Waals surface area contributed by atoms with Gasteiger partial charge in [-0.1, -0.05) is 37.3 Å². The Balaban J connectivity index is 2.31. The molecule has 5 nitrogen and oxygen atoms in total. The Labute approximate surface area is 124 Å². The minimum absolute atomic E-state index is 0.00375. The monoisotopic (exact) mass is 285 g/mol. The Bertz CT molecular complexity index is 614. The number of nitrogens with one attached hydrogen (secondary N) is 1. The van der Waals surface area contributed by atoms with Gasteiger partial charge in [0.25, 0.3) is 0 Å². The van der Waals surface area contributed by atoms with E-state index in [9.17, 15) is 4.79 Å². The van der Waals surface area contributed by atoms with Gasteiger partial charge in [-0.25, -0.2) is 9.97 Å². The van der Waals surface area contributed by atoms with E-state index in [4.69, 9.17) is 5.11 Å². The van der Waals surface area contributed by atoms with Crippen LogP contribution in [0.2, 0.25) is 0 Å². The number of hydrogen-bond donors (Lipinski definition) is 2. The summed E-state index contributed by atoms with van der Waals surface area (Å²) in [6.45, 7) is 3.84. The van der Waals surface area contributed by atoms with Crippen molar-refractivity contribution >= 4 is 11.8 Å². The molecule has 0 radical (unpaired) electrons. The number of carboxylic acid groups (broad SMARTS) is 1. The van der Waals surface area contributed by atoms with Crippen LogP contribution in [0.5, 0.6) is 0 Å². The van der Waals surface area contributed by atoms with Crippen molar-refractivity contribution in [2.24, 2.45) is 0 Å². The molecule has 0 aliphatic rings. The van der Waals surface area contributed by atoms with Gasteiger partial charge in [-0.05, 0) is 18.9 Å². The highest BCUT2D eigenvalue weighted by molar-refractivity contribution is 5.69. The summed E-state index contributed by atoms with van der Waals surface area (Å²) in [6.07, 6.45) is 2.57. The van der Waals surface area contributed by atoms with E-state index in [0.29, 0.717) is 11.6 Å². The fourth-order valence-electron chi connectivity index (χ4n) is 2.16. The molecule has 1 unspecified atom stereocenters. The Kier molecular flexibility index (Phi) is 4.87. The summed E-state index contributed by atoms with van der Waals surface area (Å²) in [5.41, 5.74) is 1.91. The van der Waals surface area contributed by atoms with Crippen molar-refractivity contribution < 1.29 is 9.90 Å². The summed E-state index contributed by atoms with van der Waals surface area (Å²) >= 11 is 0. The van der Waals surface area contributed by atoms with Gasteiger partial charge in [0.05, 0.1) is 12.5 Å². The predicted molar refractivity (Wildman–Crippen MR) is 81.2 cm³/mol. The van der Waals surface area contributed by atoms with Crippen LogP contribution in [0.1, 0.15) is 36.3 Å². The van der Waals surface area contributed by atoms with Crippen LogP contribution in [-0.4, -0.2) is 21.0 Å². The number of rotatable bonds is 6. The van der Waals surface area contributed by atoms with Crippen LogP contribution in [0.25, 0.3) is 0 Å². The fraction of sp³-hybridized carbons (Fsp3) is 0.312. The number of anilines is 1. The van der Waals surface area contributed by atoms with Crippen molar-refractivity contribution in [3.05, 3.63) is 53.5 Å². The second-order valence-corrected chi connectivity index (χ2v) is 4.85. The van der Waals surface area contributed by atoms with Crippen LogP contribution < -0.4 is 5.32 Å². The third-order valence-corrected chi connectivity index (χ3v) is 3.26. The lowest BCUT2D eigenvalue weighted by Gasteiger charge is -2.20. The molecule has 0 aliphatic carbocycles. The molecule has 5 heteroatoms. The first-order valence-corrected chi connectivity index (χ1v) is 6.96. The van der Waals surface area contributed by atoms with Crippen molar-refractivity contribution in [2.45, 2.75) is 32.7 Å². The van der Waals surface area contributed by atoms with E-state index in [1.807, 2.05) is 44.2 Å². The first-order valence-electron chi connectivity index (χ1n) is 6.96.